The molecule has 0 saturated heterocycles. The van der Waals surface area contributed by atoms with Crippen LogP contribution in [0.15, 0.2) is 0 Å². The summed E-state index contributed by atoms with van der Waals surface area (Å²) in [6.45, 7) is 14.7. The van der Waals surface area contributed by atoms with Crippen molar-refractivity contribution in [1.82, 2.24) is 0 Å². The molecule has 0 spiro atoms. The van der Waals surface area contributed by atoms with Crippen molar-refractivity contribution in [3.05, 3.63) is 0 Å². The number of unbranched alkanes of at least 4 members (excludes halogenated alkanes) is 5. The summed E-state index contributed by atoms with van der Waals surface area (Å²) in [5.41, 5.74) is 0. The molecule has 0 aromatic carbocycles. The molecule has 0 aliphatic carbocycles. The average molecular weight is 338 g/mol. The van der Waals surface area contributed by atoms with Crippen LogP contribution in [0.3, 0.4) is 0 Å². The predicted molar refractivity (Wildman–Crippen MR) is 86.8 cm³/mol. The van der Waals surface area contributed by atoms with Crippen LogP contribution in [0, 0.1) is 0 Å². The Bertz CT molecular complexity index is 216. The summed E-state index contributed by atoms with van der Waals surface area (Å²) < 4.78 is 19.7. The summed E-state index contributed by atoms with van der Waals surface area (Å²) in [7, 11) is 0. The van der Waals surface area contributed by atoms with Crippen LogP contribution in [-0.4, -0.2) is 18.3 Å². The van der Waals surface area contributed by atoms with E-state index < -0.39 is 17.8 Å². The Morgan fingerprint density at radius 2 is 1.00 bits per heavy atom. The molecule has 0 radical (unpaired) electrons. The molecule has 0 N–H and O–H groups in total. The molecule has 0 atom stereocenters. The third-order valence-electron chi connectivity index (χ3n) is 3.08. The fraction of sp³-hybridized carbons (Fsp3) is 1.00. The van der Waals surface area contributed by atoms with Crippen molar-refractivity contribution in [2.24, 2.45) is 0 Å². The molecule has 0 aromatic heterocycles. The molecule has 0 bridgehead atoms. The van der Waals surface area contributed by atoms with E-state index in [4.69, 9.17) is 9.96 Å². The van der Waals surface area contributed by atoms with Gasteiger partial charge in [-0.1, -0.05) is 0 Å². The molecular weight excluding hydrogens is 300 g/mol. The molecule has 0 aliphatic heterocycles. The van der Waals surface area contributed by atoms with Crippen LogP contribution in [0.1, 0.15) is 87.0 Å². The van der Waals surface area contributed by atoms with Crippen LogP contribution < -0.4 is 0 Å². The van der Waals surface area contributed by atoms with Gasteiger partial charge in [0, 0.05) is 0 Å². The van der Waals surface area contributed by atoms with Crippen molar-refractivity contribution in [1.29, 1.82) is 0 Å². The number of rotatable bonds is 13. The van der Waals surface area contributed by atoms with E-state index in [1.54, 1.807) is 0 Å². The molecule has 21 heavy (non-hydrogen) atoms. The normalized spacial score (nSPS) is 12.9. The number of hydrogen-bond acceptors (Lipinski definition) is 3. The van der Waals surface area contributed by atoms with Crippen molar-refractivity contribution in [3.8, 4) is 0 Å². The van der Waals surface area contributed by atoms with Gasteiger partial charge in [-0.25, -0.2) is 0 Å². The van der Waals surface area contributed by atoms with Gasteiger partial charge >= 0.3 is 138 Å². The summed E-state index contributed by atoms with van der Waals surface area (Å²) in [4.78, 5) is 0. The van der Waals surface area contributed by atoms with Crippen molar-refractivity contribution in [3.63, 3.8) is 0 Å². The van der Waals surface area contributed by atoms with Gasteiger partial charge < -0.3 is 0 Å². The average Bonchev–Trinajstić information content (AvgIpc) is 2.30. The molecule has 0 heterocycles. The van der Waals surface area contributed by atoms with Gasteiger partial charge in [0.15, 0.2) is 0 Å². The van der Waals surface area contributed by atoms with E-state index in [2.05, 4.69) is 48.5 Å². The third kappa shape index (κ3) is 11.8. The van der Waals surface area contributed by atoms with E-state index in [0.717, 1.165) is 11.1 Å². The van der Waals surface area contributed by atoms with E-state index in [1.807, 2.05) is 0 Å². The van der Waals surface area contributed by atoms with E-state index in [0.29, 0.717) is 0 Å². The standard InChI is InChI=1S/C8H17.3C3H7O.Ti/c1-3-5-7-8-6-4-2;3*1-3(2)4;/h1,3-8H2,2H3;3*3H,1-2H3;/q;3*-1;+3. The molecule has 0 rings (SSSR count). The molecule has 0 amide bonds. The Labute approximate surface area is 137 Å². The molecule has 0 aromatic rings. The van der Waals surface area contributed by atoms with E-state index in [-0.39, 0.29) is 18.3 Å². The SMILES string of the molecule is CCCCCCC[CH2][Ti]([O]C(C)C)([O]C(C)C)[O]C(C)C. The van der Waals surface area contributed by atoms with Gasteiger partial charge in [0.2, 0.25) is 0 Å². The quantitative estimate of drug-likeness (QED) is 0.307. The van der Waals surface area contributed by atoms with Gasteiger partial charge in [-0.2, -0.15) is 0 Å². The molecule has 0 aliphatic rings. The van der Waals surface area contributed by atoms with Crippen molar-refractivity contribution in [2.75, 3.05) is 0 Å². The first kappa shape index (κ1) is 21.6. The summed E-state index contributed by atoms with van der Waals surface area (Å²) in [6, 6.07) is 0. The van der Waals surface area contributed by atoms with Gasteiger partial charge in [0.1, 0.15) is 0 Å². The fourth-order valence-corrected chi connectivity index (χ4v) is 7.70. The first-order valence-corrected chi connectivity index (χ1v) is 11.9. The molecule has 0 fully saturated rings. The van der Waals surface area contributed by atoms with Gasteiger partial charge in [0.05, 0.1) is 0 Å². The Morgan fingerprint density at radius 3 is 1.38 bits per heavy atom. The second kappa shape index (κ2) is 12.1. The third-order valence-corrected chi connectivity index (χ3v) is 8.48. The second-order valence-corrected chi connectivity index (χ2v) is 10.7. The zero-order valence-corrected chi connectivity index (χ0v) is 17.0. The Hall–Kier alpha value is 0.594. The van der Waals surface area contributed by atoms with Crippen molar-refractivity contribution in [2.45, 2.75) is 110 Å². The van der Waals surface area contributed by atoms with Crippen LogP contribution in [0.5, 0.6) is 0 Å². The molecule has 128 valence electrons. The first-order chi connectivity index (χ1) is 9.81. The van der Waals surface area contributed by atoms with E-state index in [9.17, 15) is 0 Å². The minimum atomic E-state index is -3.14. The van der Waals surface area contributed by atoms with Crippen LogP contribution in [0.2, 0.25) is 4.73 Å². The van der Waals surface area contributed by atoms with Crippen LogP contribution in [0.4, 0.5) is 0 Å². The molecule has 4 heteroatoms. The maximum absolute atomic E-state index is 6.23. The maximum atomic E-state index is 6.23. The summed E-state index contributed by atoms with van der Waals surface area (Å²) in [5.74, 6) is 0. The van der Waals surface area contributed by atoms with Gasteiger partial charge in [0.25, 0.3) is 0 Å². The zero-order chi connectivity index (χ0) is 16.3. The predicted octanol–water partition coefficient (Wildman–Crippen LogP) is 5.94. The minimum absolute atomic E-state index is 0.169. The van der Waals surface area contributed by atoms with E-state index in [1.165, 1.54) is 32.1 Å². The fourth-order valence-electron chi connectivity index (χ4n) is 2.46. The van der Waals surface area contributed by atoms with Crippen LogP contribution >= 0.6 is 0 Å². The first-order valence-electron chi connectivity index (χ1n) is 8.84. The Kier molecular flexibility index (Phi) is 12.4. The molecule has 0 unspecified atom stereocenters. The Balaban J connectivity index is 4.51. The van der Waals surface area contributed by atoms with Crippen molar-refractivity contribution >= 4 is 0 Å². The van der Waals surface area contributed by atoms with Gasteiger partial charge in [-0.3, -0.25) is 0 Å². The number of hydrogen-bond donors (Lipinski definition) is 0. The molecule has 0 saturated carbocycles. The van der Waals surface area contributed by atoms with Gasteiger partial charge in [-0.05, 0) is 0 Å². The summed E-state index contributed by atoms with van der Waals surface area (Å²) in [5, 5.41) is 0. The summed E-state index contributed by atoms with van der Waals surface area (Å²) >= 11 is -3.14. The molecule has 3 nitrogen and oxygen atoms in total. The molecular formula is C17H38O3Ti. The van der Waals surface area contributed by atoms with E-state index >= 15 is 0 Å². The monoisotopic (exact) mass is 338 g/mol. The van der Waals surface area contributed by atoms with Crippen molar-refractivity contribution < 1.29 is 27.7 Å². The van der Waals surface area contributed by atoms with Gasteiger partial charge in [-0.15, -0.1) is 0 Å². The Morgan fingerprint density at radius 1 is 0.619 bits per heavy atom. The zero-order valence-electron chi connectivity index (χ0n) is 15.4. The summed E-state index contributed by atoms with van der Waals surface area (Å²) in [6.07, 6.45) is 8.24. The topological polar surface area (TPSA) is 27.7 Å². The van der Waals surface area contributed by atoms with Crippen LogP contribution in [-0.2, 0) is 27.7 Å². The second-order valence-electron chi connectivity index (χ2n) is 6.70. The van der Waals surface area contributed by atoms with Crippen LogP contribution in [0.25, 0.3) is 0 Å².